The third-order valence-electron chi connectivity index (χ3n) is 3.90. The minimum Gasteiger partial charge on any atom is -0.478 e. The molecule has 0 aromatic heterocycles. The monoisotopic (exact) mass is 353 g/mol. The van der Waals surface area contributed by atoms with E-state index >= 15 is 0 Å². The Morgan fingerprint density at radius 2 is 1.75 bits per heavy atom. The highest BCUT2D eigenvalue weighted by atomic mass is 32.2. The van der Waals surface area contributed by atoms with Gasteiger partial charge in [-0.15, -0.1) is 0 Å². The summed E-state index contributed by atoms with van der Waals surface area (Å²) in [6.45, 7) is 0. The fraction of sp³-hybridized carbons (Fsp3) is 0.188. The second kappa shape index (κ2) is 5.64. The minimum absolute atomic E-state index is 0.0632. The summed E-state index contributed by atoms with van der Waals surface area (Å²) < 4.78 is 55.1. The zero-order valence-corrected chi connectivity index (χ0v) is 13.1. The highest BCUT2D eigenvalue weighted by Crippen LogP contribution is 2.47. The lowest BCUT2D eigenvalue weighted by atomic mass is 10.1. The second-order valence-electron chi connectivity index (χ2n) is 5.50. The van der Waals surface area contributed by atoms with Gasteiger partial charge in [-0.3, -0.25) is 0 Å². The van der Waals surface area contributed by atoms with Gasteiger partial charge in [-0.2, -0.15) is 0 Å². The van der Waals surface area contributed by atoms with Gasteiger partial charge in [-0.05, 0) is 29.8 Å². The third kappa shape index (κ3) is 2.90. The fourth-order valence-electron chi connectivity index (χ4n) is 2.75. The molecule has 2 N–H and O–H groups in total. The Bertz CT molecular complexity index is 895. The van der Waals surface area contributed by atoms with Gasteiger partial charge in [0.15, 0.2) is 0 Å². The molecule has 5 nitrogen and oxygen atoms in total. The molecule has 2 aromatic carbocycles. The number of rotatable bonds is 4. The van der Waals surface area contributed by atoms with Gasteiger partial charge in [0, 0.05) is 12.0 Å². The van der Waals surface area contributed by atoms with E-state index in [9.17, 15) is 22.0 Å². The zero-order chi connectivity index (χ0) is 17.5. The van der Waals surface area contributed by atoms with E-state index in [1.165, 1.54) is 18.2 Å². The molecule has 0 spiro atoms. The van der Waals surface area contributed by atoms with Crippen molar-refractivity contribution in [1.82, 2.24) is 4.72 Å². The van der Waals surface area contributed by atoms with Crippen molar-refractivity contribution < 1.29 is 27.1 Å². The average molecular weight is 353 g/mol. The molecule has 0 bridgehead atoms. The molecule has 0 radical (unpaired) electrons. The summed E-state index contributed by atoms with van der Waals surface area (Å²) in [5, 5.41) is 8.83. The molecule has 8 heteroatoms. The Hall–Kier alpha value is -2.32. The predicted octanol–water partition coefficient (Wildman–Crippen LogP) is 2.90. The second-order valence-corrected chi connectivity index (χ2v) is 7.21. The molecule has 1 atom stereocenters. The van der Waals surface area contributed by atoms with Gasteiger partial charge < -0.3 is 5.11 Å². The Morgan fingerprint density at radius 1 is 1.12 bits per heavy atom. The Kier molecular flexibility index (Phi) is 3.89. The van der Waals surface area contributed by atoms with E-state index in [1.807, 2.05) is 0 Å². The van der Waals surface area contributed by atoms with Crippen molar-refractivity contribution >= 4 is 16.0 Å². The van der Waals surface area contributed by atoms with Crippen LogP contribution in [0.4, 0.5) is 8.78 Å². The molecule has 2 aromatic rings. The molecule has 0 fully saturated rings. The molecule has 126 valence electrons. The number of carboxylic acids is 1. The molecular formula is C16H13F2NO4S. The van der Waals surface area contributed by atoms with E-state index in [-0.39, 0.29) is 21.6 Å². The number of sulfonamides is 1. The summed E-state index contributed by atoms with van der Waals surface area (Å²) in [5.74, 6) is -4.28. The van der Waals surface area contributed by atoms with E-state index < -0.39 is 34.4 Å². The number of fused-ring (bicyclic) bond motifs is 1. The van der Waals surface area contributed by atoms with Gasteiger partial charge in [-0.1, -0.05) is 24.3 Å². The van der Waals surface area contributed by atoms with Crippen LogP contribution in [0.1, 0.15) is 33.9 Å². The summed E-state index contributed by atoms with van der Waals surface area (Å²) >= 11 is 0. The number of aromatic carboxylic acids is 1. The minimum atomic E-state index is -4.06. The van der Waals surface area contributed by atoms with Crippen molar-refractivity contribution in [3.8, 4) is 0 Å². The summed E-state index contributed by atoms with van der Waals surface area (Å²) in [4.78, 5) is 10.6. The highest BCUT2D eigenvalue weighted by Gasteiger charge is 2.45. The SMILES string of the molecule is O=C(O)c1ccc(S(=O)(=O)NC2CC(F)(F)c3ccccc32)cc1. The number of carboxylic acid groups (broad SMARTS) is 1. The zero-order valence-electron chi connectivity index (χ0n) is 12.2. The predicted molar refractivity (Wildman–Crippen MR) is 81.4 cm³/mol. The van der Waals surface area contributed by atoms with Crippen molar-refractivity contribution in [2.75, 3.05) is 0 Å². The first-order valence-electron chi connectivity index (χ1n) is 7.04. The van der Waals surface area contributed by atoms with Gasteiger partial charge in [0.1, 0.15) is 0 Å². The lowest BCUT2D eigenvalue weighted by molar-refractivity contribution is -0.00740. The van der Waals surface area contributed by atoms with Crippen LogP contribution in [0.3, 0.4) is 0 Å². The maximum Gasteiger partial charge on any atom is 0.335 e. The quantitative estimate of drug-likeness (QED) is 0.885. The molecule has 0 aliphatic heterocycles. The molecule has 3 rings (SSSR count). The molecule has 0 amide bonds. The number of halogens is 2. The molecule has 24 heavy (non-hydrogen) atoms. The third-order valence-corrected chi connectivity index (χ3v) is 5.39. The summed E-state index contributed by atoms with van der Waals surface area (Å²) in [5.41, 5.74) is -0.00106. The molecular weight excluding hydrogens is 340 g/mol. The van der Waals surface area contributed by atoms with Crippen LogP contribution in [0, 0.1) is 0 Å². The first kappa shape index (κ1) is 16.5. The van der Waals surface area contributed by atoms with Crippen LogP contribution in [0.2, 0.25) is 0 Å². The van der Waals surface area contributed by atoms with Crippen LogP contribution in [0.15, 0.2) is 53.4 Å². The van der Waals surface area contributed by atoms with E-state index in [2.05, 4.69) is 4.72 Å². The van der Waals surface area contributed by atoms with Crippen LogP contribution < -0.4 is 4.72 Å². The lowest BCUT2D eigenvalue weighted by Crippen LogP contribution is -2.28. The van der Waals surface area contributed by atoms with Crippen LogP contribution in [0.5, 0.6) is 0 Å². The fourth-order valence-corrected chi connectivity index (χ4v) is 3.96. The first-order chi connectivity index (χ1) is 11.2. The van der Waals surface area contributed by atoms with Crippen molar-refractivity contribution in [2.24, 2.45) is 0 Å². The molecule has 0 saturated heterocycles. The molecule has 0 heterocycles. The highest BCUT2D eigenvalue weighted by molar-refractivity contribution is 7.89. The number of hydrogen-bond donors (Lipinski definition) is 2. The van der Waals surface area contributed by atoms with Crippen LogP contribution in [0.25, 0.3) is 0 Å². The lowest BCUT2D eigenvalue weighted by Gasteiger charge is -2.14. The average Bonchev–Trinajstić information content (AvgIpc) is 2.78. The van der Waals surface area contributed by atoms with E-state index in [1.54, 1.807) is 6.07 Å². The maximum atomic E-state index is 14.0. The number of carbonyl (C=O) groups is 1. The first-order valence-corrected chi connectivity index (χ1v) is 8.52. The number of alkyl halides is 2. The van der Waals surface area contributed by atoms with Crippen molar-refractivity contribution in [3.05, 3.63) is 65.2 Å². The van der Waals surface area contributed by atoms with E-state index in [0.29, 0.717) is 0 Å². The van der Waals surface area contributed by atoms with E-state index in [4.69, 9.17) is 5.11 Å². The van der Waals surface area contributed by atoms with Crippen molar-refractivity contribution in [3.63, 3.8) is 0 Å². The summed E-state index contributed by atoms with van der Waals surface area (Å²) in [7, 11) is -4.06. The number of benzene rings is 2. The van der Waals surface area contributed by atoms with Crippen molar-refractivity contribution in [2.45, 2.75) is 23.3 Å². The van der Waals surface area contributed by atoms with E-state index in [0.717, 1.165) is 24.3 Å². The van der Waals surface area contributed by atoms with Crippen LogP contribution in [-0.2, 0) is 15.9 Å². The topological polar surface area (TPSA) is 83.5 Å². The molecule has 0 saturated carbocycles. The van der Waals surface area contributed by atoms with Gasteiger partial charge in [0.2, 0.25) is 10.0 Å². The smallest absolute Gasteiger partial charge is 0.335 e. The van der Waals surface area contributed by atoms with Gasteiger partial charge in [0.25, 0.3) is 5.92 Å². The molecule has 1 aliphatic rings. The Labute approximate surface area is 137 Å². The van der Waals surface area contributed by atoms with Gasteiger partial charge in [-0.25, -0.2) is 26.7 Å². The Morgan fingerprint density at radius 3 is 2.38 bits per heavy atom. The van der Waals surface area contributed by atoms with Crippen LogP contribution >= 0.6 is 0 Å². The normalized spacial score (nSPS) is 19.0. The molecule has 1 aliphatic carbocycles. The largest absolute Gasteiger partial charge is 0.478 e. The van der Waals surface area contributed by atoms with Gasteiger partial charge >= 0.3 is 5.97 Å². The van der Waals surface area contributed by atoms with Crippen molar-refractivity contribution in [1.29, 1.82) is 0 Å². The van der Waals surface area contributed by atoms with Crippen LogP contribution in [-0.4, -0.2) is 19.5 Å². The van der Waals surface area contributed by atoms with Gasteiger partial charge in [0.05, 0.1) is 16.5 Å². The standard InChI is InChI=1S/C16H13F2NO4S/c17-16(18)9-14(12-3-1-2-4-13(12)16)19-24(22,23)11-7-5-10(6-8-11)15(20)21/h1-8,14,19H,9H2,(H,20,21). The molecule has 1 unspecified atom stereocenters. The maximum absolute atomic E-state index is 14.0. The summed E-state index contributed by atoms with van der Waals surface area (Å²) in [6.07, 6.45) is -0.654. The summed E-state index contributed by atoms with van der Waals surface area (Å²) in [6, 6.07) is 9.32. The number of nitrogens with one attached hydrogen (secondary N) is 1. The number of hydrogen-bond acceptors (Lipinski definition) is 3. The Balaban J connectivity index is 1.89.